The second-order valence-electron chi connectivity index (χ2n) is 4.39. The molecule has 0 radical (unpaired) electrons. The molecule has 106 valence electrons. The average molecular weight is 288 g/mol. The molecule has 1 aliphatic rings. The zero-order chi connectivity index (χ0) is 13.7. The molecule has 0 bridgehead atoms. The fourth-order valence-corrected chi connectivity index (χ4v) is 2.41. The first-order chi connectivity index (χ1) is 9.26. The number of halogens is 1. The number of alkyl halides is 1. The van der Waals surface area contributed by atoms with Gasteiger partial charge in [-0.3, -0.25) is 0 Å². The number of hydrogen-bond donors (Lipinski definition) is 0. The highest BCUT2D eigenvalue weighted by atomic mass is 35.5. The zero-order valence-corrected chi connectivity index (χ0v) is 11.7. The van der Waals surface area contributed by atoms with Crippen LogP contribution in [0.2, 0.25) is 0 Å². The Kier molecular flexibility index (Phi) is 5.15. The Hall–Kier alpha value is -1.14. The highest BCUT2D eigenvalue weighted by molar-refractivity contribution is 6.17. The van der Waals surface area contributed by atoms with Gasteiger partial charge >= 0.3 is 5.97 Å². The Morgan fingerprint density at radius 1 is 1.63 bits per heavy atom. The van der Waals surface area contributed by atoms with Gasteiger partial charge in [0.25, 0.3) is 0 Å². The van der Waals surface area contributed by atoms with Crippen LogP contribution in [-0.2, 0) is 21.9 Å². The van der Waals surface area contributed by atoms with Crippen molar-refractivity contribution in [3.63, 3.8) is 0 Å². The van der Waals surface area contributed by atoms with Gasteiger partial charge in [-0.1, -0.05) is 5.21 Å². The average Bonchev–Trinajstić information content (AvgIpc) is 3.05. The molecule has 1 aromatic heterocycles. The molecule has 6 nitrogen and oxygen atoms in total. The molecule has 0 spiro atoms. The normalized spacial score (nSPS) is 18.7. The van der Waals surface area contributed by atoms with Crippen LogP contribution >= 0.6 is 11.6 Å². The molecule has 1 atom stereocenters. The predicted molar refractivity (Wildman–Crippen MR) is 69.1 cm³/mol. The molecule has 0 saturated carbocycles. The minimum atomic E-state index is -0.471. The highest BCUT2D eigenvalue weighted by Gasteiger charge is 2.21. The van der Waals surface area contributed by atoms with Crippen LogP contribution in [0.15, 0.2) is 0 Å². The largest absolute Gasteiger partial charge is 0.461 e. The molecular weight excluding hydrogens is 270 g/mol. The van der Waals surface area contributed by atoms with E-state index in [4.69, 9.17) is 21.1 Å². The number of aryl methyl sites for hydroxylation is 1. The molecule has 0 aromatic carbocycles. The van der Waals surface area contributed by atoms with Gasteiger partial charge in [-0.05, 0) is 26.2 Å². The van der Waals surface area contributed by atoms with Crippen molar-refractivity contribution >= 4 is 17.6 Å². The summed E-state index contributed by atoms with van der Waals surface area (Å²) in [6.07, 6.45) is 3.32. The van der Waals surface area contributed by atoms with Crippen molar-refractivity contribution in [3.8, 4) is 0 Å². The number of ether oxygens (including phenoxy) is 2. The topological polar surface area (TPSA) is 66.2 Å². The lowest BCUT2D eigenvalue weighted by Gasteiger charge is -2.10. The number of hydrogen-bond acceptors (Lipinski definition) is 5. The Morgan fingerprint density at radius 3 is 3.11 bits per heavy atom. The third-order valence-electron chi connectivity index (χ3n) is 3.12. The molecule has 1 aromatic rings. The lowest BCUT2D eigenvalue weighted by molar-refractivity contribution is 0.0518. The van der Waals surface area contributed by atoms with Crippen molar-refractivity contribution in [2.45, 2.75) is 44.7 Å². The first-order valence-electron chi connectivity index (χ1n) is 6.53. The monoisotopic (exact) mass is 287 g/mol. The molecule has 0 amide bonds. The van der Waals surface area contributed by atoms with Crippen LogP contribution in [0.1, 0.15) is 42.4 Å². The van der Waals surface area contributed by atoms with Crippen molar-refractivity contribution in [1.82, 2.24) is 15.0 Å². The first-order valence-corrected chi connectivity index (χ1v) is 7.06. The lowest BCUT2D eigenvalue weighted by atomic mass is 10.2. The molecule has 2 rings (SSSR count). The number of esters is 1. The molecule has 1 unspecified atom stereocenters. The smallest absolute Gasteiger partial charge is 0.360 e. The molecule has 1 fully saturated rings. The summed E-state index contributed by atoms with van der Waals surface area (Å²) in [4.78, 5) is 11.7. The van der Waals surface area contributed by atoms with Crippen LogP contribution < -0.4 is 0 Å². The van der Waals surface area contributed by atoms with E-state index in [1.54, 1.807) is 11.6 Å². The minimum absolute atomic E-state index is 0.187. The van der Waals surface area contributed by atoms with Gasteiger partial charge in [-0.15, -0.1) is 16.7 Å². The van der Waals surface area contributed by atoms with E-state index in [0.29, 0.717) is 18.8 Å². The minimum Gasteiger partial charge on any atom is -0.461 e. The molecule has 0 N–H and O–H groups in total. The second-order valence-corrected chi connectivity index (χ2v) is 4.65. The van der Waals surface area contributed by atoms with Gasteiger partial charge in [0, 0.05) is 13.2 Å². The van der Waals surface area contributed by atoms with Crippen LogP contribution in [0.4, 0.5) is 0 Å². The quantitative estimate of drug-likeness (QED) is 0.589. The summed E-state index contributed by atoms with van der Waals surface area (Å²) in [6, 6.07) is 0. The molecule has 1 saturated heterocycles. The van der Waals surface area contributed by atoms with Gasteiger partial charge in [0.1, 0.15) is 0 Å². The van der Waals surface area contributed by atoms with Gasteiger partial charge in [0.2, 0.25) is 0 Å². The summed E-state index contributed by atoms with van der Waals surface area (Å²) < 4.78 is 12.1. The summed E-state index contributed by atoms with van der Waals surface area (Å²) in [5.41, 5.74) is 0.822. The van der Waals surface area contributed by atoms with E-state index in [9.17, 15) is 4.79 Å². The Bertz CT molecular complexity index is 430. The van der Waals surface area contributed by atoms with Crippen LogP contribution in [0.5, 0.6) is 0 Å². The van der Waals surface area contributed by atoms with E-state index in [-0.39, 0.29) is 17.7 Å². The summed E-state index contributed by atoms with van der Waals surface area (Å²) in [5, 5.41) is 7.84. The Labute approximate surface area is 117 Å². The third kappa shape index (κ3) is 3.45. The standard InChI is InChI=1S/C12H18ClN3O3/c1-2-18-12(17)11-10(8-13)16(15-14-11)6-5-9-4-3-7-19-9/h9H,2-8H2,1H3. The summed E-state index contributed by atoms with van der Waals surface area (Å²) >= 11 is 5.88. The number of nitrogens with zero attached hydrogens (tertiary/aromatic N) is 3. The van der Waals surface area contributed by atoms with Gasteiger partial charge in [-0.25, -0.2) is 9.48 Å². The van der Waals surface area contributed by atoms with E-state index < -0.39 is 5.97 Å². The van der Waals surface area contributed by atoms with E-state index in [2.05, 4.69) is 10.3 Å². The number of aromatic nitrogens is 3. The molecule has 19 heavy (non-hydrogen) atoms. The Balaban J connectivity index is 2.01. The lowest BCUT2D eigenvalue weighted by Crippen LogP contribution is -2.14. The number of rotatable bonds is 6. The van der Waals surface area contributed by atoms with E-state index >= 15 is 0 Å². The van der Waals surface area contributed by atoms with Gasteiger partial charge in [0.15, 0.2) is 5.69 Å². The van der Waals surface area contributed by atoms with Crippen LogP contribution in [0.25, 0.3) is 0 Å². The molecular formula is C12H18ClN3O3. The molecule has 2 heterocycles. The van der Waals surface area contributed by atoms with E-state index in [1.165, 1.54) is 0 Å². The van der Waals surface area contributed by atoms with Crippen molar-refractivity contribution in [2.75, 3.05) is 13.2 Å². The van der Waals surface area contributed by atoms with Crippen molar-refractivity contribution in [1.29, 1.82) is 0 Å². The van der Waals surface area contributed by atoms with Crippen LogP contribution in [-0.4, -0.2) is 40.3 Å². The predicted octanol–water partition coefficient (Wildman–Crippen LogP) is 1.76. The Morgan fingerprint density at radius 2 is 2.47 bits per heavy atom. The van der Waals surface area contributed by atoms with Gasteiger partial charge in [-0.2, -0.15) is 0 Å². The summed E-state index contributed by atoms with van der Waals surface area (Å²) in [7, 11) is 0. The maximum Gasteiger partial charge on any atom is 0.360 e. The molecule has 1 aliphatic heterocycles. The maximum atomic E-state index is 11.7. The SMILES string of the molecule is CCOC(=O)c1nnn(CCC2CCCO2)c1CCl. The van der Waals surface area contributed by atoms with Gasteiger partial charge < -0.3 is 9.47 Å². The van der Waals surface area contributed by atoms with Gasteiger partial charge in [0.05, 0.1) is 24.3 Å². The van der Waals surface area contributed by atoms with Crippen molar-refractivity contribution in [2.24, 2.45) is 0 Å². The maximum absolute atomic E-state index is 11.7. The number of carbonyl (C=O) groups excluding carboxylic acids is 1. The summed E-state index contributed by atoms with van der Waals surface area (Å²) in [5.74, 6) is -0.284. The van der Waals surface area contributed by atoms with Crippen LogP contribution in [0, 0.1) is 0 Å². The highest BCUT2D eigenvalue weighted by Crippen LogP contribution is 2.17. The van der Waals surface area contributed by atoms with E-state index in [1.807, 2.05) is 0 Å². The fraction of sp³-hybridized carbons (Fsp3) is 0.750. The zero-order valence-electron chi connectivity index (χ0n) is 11.0. The second kappa shape index (κ2) is 6.86. The number of carbonyl (C=O) groups is 1. The third-order valence-corrected chi connectivity index (χ3v) is 3.37. The van der Waals surface area contributed by atoms with Crippen molar-refractivity contribution in [3.05, 3.63) is 11.4 Å². The summed E-state index contributed by atoms with van der Waals surface area (Å²) in [6.45, 7) is 3.54. The first kappa shape index (κ1) is 14.3. The van der Waals surface area contributed by atoms with E-state index in [0.717, 1.165) is 25.9 Å². The van der Waals surface area contributed by atoms with Crippen LogP contribution in [0.3, 0.4) is 0 Å². The van der Waals surface area contributed by atoms with Crippen molar-refractivity contribution < 1.29 is 14.3 Å². The molecule has 7 heteroatoms. The molecule has 0 aliphatic carbocycles. The fourth-order valence-electron chi connectivity index (χ4n) is 2.14.